The van der Waals surface area contributed by atoms with Crippen molar-refractivity contribution in [3.63, 3.8) is 0 Å². The molecule has 1 aromatic heterocycles. The molecule has 176 valence electrons. The molecule has 38 heavy (non-hydrogen) atoms. The highest BCUT2D eigenvalue weighted by atomic mass is 14.9. The molecule has 0 amide bonds. The summed E-state index contributed by atoms with van der Waals surface area (Å²) in [5, 5.41) is 15.0. The number of fused-ring (bicyclic) bond motifs is 3. The second-order valence-electron chi connectivity index (χ2n) is 9.39. The van der Waals surface area contributed by atoms with Crippen LogP contribution in [0.25, 0.3) is 66.1 Å². The van der Waals surface area contributed by atoms with Gasteiger partial charge in [-0.1, -0.05) is 97.1 Å². The van der Waals surface area contributed by atoms with Gasteiger partial charge in [0.15, 0.2) is 5.82 Å². The van der Waals surface area contributed by atoms with E-state index in [0.29, 0.717) is 5.56 Å². The van der Waals surface area contributed by atoms with Crippen molar-refractivity contribution >= 4 is 32.4 Å². The van der Waals surface area contributed by atoms with Crippen LogP contribution in [0, 0.1) is 11.3 Å². The molecule has 0 saturated heterocycles. The molecule has 0 atom stereocenters. The van der Waals surface area contributed by atoms with Crippen molar-refractivity contribution in [2.45, 2.75) is 0 Å². The van der Waals surface area contributed by atoms with Crippen molar-refractivity contribution in [2.24, 2.45) is 0 Å². The van der Waals surface area contributed by atoms with Gasteiger partial charge in [-0.05, 0) is 68.1 Å². The first-order valence-electron chi connectivity index (χ1n) is 12.6. The highest BCUT2D eigenvalue weighted by Crippen LogP contribution is 2.40. The highest BCUT2D eigenvalue weighted by molar-refractivity contribution is 6.06. The molecule has 0 N–H and O–H groups in total. The average molecular weight is 484 g/mol. The van der Waals surface area contributed by atoms with Gasteiger partial charge >= 0.3 is 0 Å². The molecule has 7 rings (SSSR count). The largest absolute Gasteiger partial charge is 0.236 e. The maximum Gasteiger partial charge on any atom is 0.160 e. The minimum atomic E-state index is 0.657. The van der Waals surface area contributed by atoms with Crippen LogP contribution in [0.1, 0.15) is 5.56 Å². The summed E-state index contributed by atoms with van der Waals surface area (Å²) in [5.41, 5.74) is 7.17. The molecule has 3 nitrogen and oxygen atoms in total. The summed E-state index contributed by atoms with van der Waals surface area (Å²) < 4.78 is 0. The first-order valence-corrected chi connectivity index (χ1v) is 12.6. The lowest BCUT2D eigenvalue weighted by molar-refractivity contribution is 1.23. The van der Waals surface area contributed by atoms with Crippen LogP contribution < -0.4 is 0 Å². The Morgan fingerprint density at radius 3 is 2.18 bits per heavy atom. The Hall–Kier alpha value is -5.33. The molecule has 6 aromatic carbocycles. The molecule has 0 spiro atoms. The van der Waals surface area contributed by atoms with E-state index in [4.69, 9.17) is 4.98 Å². The second-order valence-corrected chi connectivity index (χ2v) is 9.39. The van der Waals surface area contributed by atoms with Gasteiger partial charge < -0.3 is 0 Å². The molecule has 0 radical (unpaired) electrons. The average Bonchev–Trinajstić information content (AvgIpc) is 2.99. The molecular formula is C35H21N3. The number of aromatic nitrogens is 2. The maximum atomic E-state index is 9.30. The Labute approximate surface area is 220 Å². The number of hydrogen-bond donors (Lipinski definition) is 0. The van der Waals surface area contributed by atoms with Crippen LogP contribution in [0.4, 0.5) is 0 Å². The van der Waals surface area contributed by atoms with Gasteiger partial charge in [0.05, 0.1) is 17.1 Å². The van der Waals surface area contributed by atoms with Crippen molar-refractivity contribution in [1.82, 2.24) is 9.97 Å². The first-order chi connectivity index (χ1) is 18.8. The van der Waals surface area contributed by atoms with Gasteiger partial charge in [0.1, 0.15) is 0 Å². The summed E-state index contributed by atoms with van der Waals surface area (Å²) in [6.45, 7) is 0. The molecule has 0 aliphatic carbocycles. The number of rotatable bonds is 3. The smallest absolute Gasteiger partial charge is 0.160 e. The van der Waals surface area contributed by atoms with Crippen LogP contribution in [0.5, 0.6) is 0 Å². The normalized spacial score (nSPS) is 11.1. The molecule has 1 heterocycles. The van der Waals surface area contributed by atoms with E-state index in [-0.39, 0.29) is 0 Å². The molecular weight excluding hydrogens is 462 g/mol. The Morgan fingerprint density at radius 1 is 0.553 bits per heavy atom. The summed E-state index contributed by atoms with van der Waals surface area (Å²) in [6.07, 6.45) is 1.89. The molecule has 0 aliphatic rings. The number of hydrogen-bond acceptors (Lipinski definition) is 3. The van der Waals surface area contributed by atoms with E-state index in [9.17, 15) is 5.26 Å². The molecule has 0 unspecified atom stereocenters. The quantitative estimate of drug-likeness (QED) is 0.252. The number of para-hydroxylation sites is 1. The topological polar surface area (TPSA) is 49.6 Å². The zero-order valence-corrected chi connectivity index (χ0v) is 20.5. The van der Waals surface area contributed by atoms with Crippen LogP contribution in [-0.2, 0) is 0 Å². The molecule has 0 bridgehead atoms. The highest BCUT2D eigenvalue weighted by Gasteiger charge is 2.14. The van der Waals surface area contributed by atoms with Crippen LogP contribution in [0.3, 0.4) is 0 Å². The summed E-state index contributed by atoms with van der Waals surface area (Å²) >= 11 is 0. The lowest BCUT2D eigenvalue weighted by Gasteiger charge is -2.15. The Balaban J connectivity index is 1.41. The fraction of sp³-hybridized carbons (Fsp3) is 0. The second kappa shape index (κ2) is 8.96. The van der Waals surface area contributed by atoms with Gasteiger partial charge in [0.25, 0.3) is 0 Å². The molecule has 3 heteroatoms. The van der Waals surface area contributed by atoms with E-state index < -0.39 is 0 Å². The van der Waals surface area contributed by atoms with Gasteiger partial charge in [-0.15, -0.1) is 0 Å². The minimum Gasteiger partial charge on any atom is -0.236 e. The zero-order chi connectivity index (χ0) is 25.5. The summed E-state index contributed by atoms with van der Waals surface area (Å²) in [7, 11) is 0. The predicted molar refractivity (Wildman–Crippen MR) is 156 cm³/mol. The van der Waals surface area contributed by atoms with E-state index in [1.165, 1.54) is 16.3 Å². The van der Waals surface area contributed by atoms with E-state index in [0.717, 1.165) is 49.8 Å². The van der Waals surface area contributed by atoms with E-state index in [1.807, 2.05) is 54.7 Å². The van der Waals surface area contributed by atoms with Crippen molar-refractivity contribution < 1.29 is 0 Å². The van der Waals surface area contributed by atoms with Crippen LogP contribution in [0.15, 0.2) is 128 Å². The minimum absolute atomic E-state index is 0.657. The predicted octanol–water partition coefficient (Wildman–Crippen LogP) is 8.81. The summed E-state index contributed by atoms with van der Waals surface area (Å²) in [5.74, 6) is 0.728. The van der Waals surface area contributed by atoms with Gasteiger partial charge in [0.2, 0.25) is 0 Å². The lowest BCUT2D eigenvalue weighted by atomic mass is 9.88. The van der Waals surface area contributed by atoms with Crippen molar-refractivity contribution in [1.29, 1.82) is 5.26 Å². The van der Waals surface area contributed by atoms with Crippen molar-refractivity contribution in [2.75, 3.05) is 0 Å². The lowest BCUT2D eigenvalue weighted by Crippen LogP contribution is -1.92. The standard InChI is InChI=1S/C35H21N3/c36-21-23-12-14-25(15-13-23)34-30-9-3-1-6-24(30)16-19-31(34)27-17-18-29-26(20-27)8-5-10-32(29)35-37-22-28-7-2-4-11-33(28)38-35/h1-20,22H. The molecule has 0 fully saturated rings. The van der Waals surface area contributed by atoms with E-state index in [2.05, 4.69) is 83.8 Å². The molecule has 7 aromatic rings. The number of nitriles is 1. The van der Waals surface area contributed by atoms with Crippen LogP contribution in [-0.4, -0.2) is 9.97 Å². The Morgan fingerprint density at radius 2 is 1.32 bits per heavy atom. The fourth-order valence-electron chi connectivity index (χ4n) is 5.28. The third-order valence-electron chi connectivity index (χ3n) is 7.15. The maximum absolute atomic E-state index is 9.30. The van der Waals surface area contributed by atoms with Gasteiger partial charge in [-0.3, -0.25) is 0 Å². The van der Waals surface area contributed by atoms with Crippen molar-refractivity contribution in [3.8, 4) is 39.7 Å². The van der Waals surface area contributed by atoms with Gasteiger partial charge in [-0.25, -0.2) is 9.97 Å². The van der Waals surface area contributed by atoms with Crippen molar-refractivity contribution in [3.05, 3.63) is 133 Å². The third-order valence-corrected chi connectivity index (χ3v) is 7.15. The fourth-order valence-corrected chi connectivity index (χ4v) is 5.28. The monoisotopic (exact) mass is 483 g/mol. The number of benzene rings is 6. The summed E-state index contributed by atoms with van der Waals surface area (Å²) in [6, 6.07) is 43.9. The summed E-state index contributed by atoms with van der Waals surface area (Å²) in [4.78, 5) is 9.52. The first kappa shape index (κ1) is 21.9. The van der Waals surface area contributed by atoms with Crippen LogP contribution in [0.2, 0.25) is 0 Å². The van der Waals surface area contributed by atoms with Gasteiger partial charge in [-0.2, -0.15) is 5.26 Å². The Bertz CT molecular complexity index is 2030. The zero-order valence-electron chi connectivity index (χ0n) is 20.5. The third kappa shape index (κ3) is 3.68. The molecule has 0 aliphatic heterocycles. The SMILES string of the molecule is N#Cc1ccc(-c2c(-c3ccc4c(-c5ncc6ccccc6n5)cccc4c3)ccc3ccccc23)cc1. The van der Waals surface area contributed by atoms with Gasteiger partial charge in [0, 0.05) is 17.1 Å². The number of nitrogens with zero attached hydrogens (tertiary/aromatic N) is 3. The molecule has 0 saturated carbocycles. The van der Waals surface area contributed by atoms with E-state index in [1.54, 1.807) is 0 Å². The van der Waals surface area contributed by atoms with Crippen LogP contribution >= 0.6 is 0 Å². The van der Waals surface area contributed by atoms with E-state index >= 15 is 0 Å². The Kier molecular flexibility index (Phi) is 5.17.